The van der Waals surface area contributed by atoms with Crippen LogP contribution in [-0.2, 0) is 14.3 Å². The molecule has 1 aliphatic heterocycles. The fourth-order valence-electron chi connectivity index (χ4n) is 12.5. The molecule has 1 fully saturated rings. The van der Waals surface area contributed by atoms with E-state index in [1.807, 2.05) is 6.08 Å². The summed E-state index contributed by atoms with van der Waals surface area (Å²) in [5.74, 6) is -0.183. The highest BCUT2D eigenvalue weighted by Gasteiger charge is 2.44. The smallest absolute Gasteiger partial charge is 0.220 e. The highest BCUT2D eigenvalue weighted by molar-refractivity contribution is 5.76. The van der Waals surface area contributed by atoms with Crippen LogP contribution < -0.4 is 5.32 Å². The highest BCUT2D eigenvalue weighted by Crippen LogP contribution is 2.24. The van der Waals surface area contributed by atoms with Crippen LogP contribution in [-0.4, -0.2) is 87.5 Å². The summed E-state index contributed by atoms with van der Waals surface area (Å²) in [5.41, 5.74) is 0. The molecule has 1 aliphatic rings. The number of amides is 1. The summed E-state index contributed by atoms with van der Waals surface area (Å²) in [6.45, 7) is 3.82. The molecule has 9 nitrogen and oxygen atoms in total. The summed E-state index contributed by atoms with van der Waals surface area (Å²) < 4.78 is 11.3. The number of hydrogen-bond acceptors (Lipinski definition) is 8. The van der Waals surface area contributed by atoms with E-state index in [0.29, 0.717) is 6.42 Å². The number of nitrogens with one attached hydrogen (secondary N) is 1. The lowest BCUT2D eigenvalue weighted by Gasteiger charge is -2.40. The van der Waals surface area contributed by atoms with Gasteiger partial charge in [-0.05, 0) is 70.6 Å². The number of unbranched alkanes of at least 4 members (excludes halogenated alkanes) is 53. The fraction of sp³-hybridized carbons (Fsp3) is 0.886. The average Bonchev–Trinajstić information content (AvgIpc) is 3.65. The van der Waals surface area contributed by atoms with Gasteiger partial charge in [-0.1, -0.05) is 364 Å². The zero-order valence-corrected chi connectivity index (χ0v) is 58.3. The molecule has 6 N–H and O–H groups in total. The number of carbonyl (C=O) groups excluding carboxylic acids is 1. The molecule has 7 unspecified atom stereocenters. The van der Waals surface area contributed by atoms with Crippen LogP contribution in [0.2, 0.25) is 0 Å². The number of allylic oxidation sites excluding steroid dienone is 7. The van der Waals surface area contributed by atoms with E-state index < -0.39 is 49.5 Å². The van der Waals surface area contributed by atoms with Gasteiger partial charge in [0, 0.05) is 6.42 Å². The van der Waals surface area contributed by atoms with Crippen LogP contribution in [0, 0.1) is 0 Å². The predicted octanol–water partition coefficient (Wildman–Crippen LogP) is 21.9. The van der Waals surface area contributed by atoms with E-state index in [1.54, 1.807) is 6.08 Å². The first-order valence-electron chi connectivity index (χ1n) is 38.9. The summed E-state index contributed by atoms with van der Waals surface area (Å²) in [4.78, 5) is 13.2. The molecule has 1 rings (SSSR count). The molecule has 0 aromatic rings. The Labute approximate surface area is 545 Å². The van der Waals surface area contributed by atoms with Crippen molar-refractivity contribution in [1.82, 2.24) is 5.32 Å². The molecule has 9 heteroatoms. The van der Waals surface area contributed by atoms with E-state index in [-0.39, 0.29) is 12.5 Å². The summed E-state index contributed by atoms with van der Waals surface area (Å²) in [5, 5.41) is 54.8. The molecule has 7 atom stereocenters. The van der Waals surface area contributed by atoms with Crippen molar-refractivity contribution in [3.8, 4) is 0 Å². The van der Waals surface area contributed by atoms with Crippen LogP contribution >= 0.6 is 0 Å². The van der Waals surface area contributed by atoms with Crippen LogP contribution in [0.1, 0.15) is 393 Å². The van der Waals surface area contributed by atoms with Crippen molar-refractivity contribution >= 4 is 5.91 Å². The second-order valence-electron chi connectivity index (χ2n) is 27.1. The summed E-state index contributed by atoms with van der Waals surface area (Å²) in [7, 11) is 0. The van der Waals surface area contributed by atoms with Gasteiger partial charge in [-0.25, -0.2) is 0 Å². The van der Waals surface area contributed by atoms with Gasteiger partial charge in [0.1, 0.15) is 24.4 Å². The Morgan fingerprint density at radius 2 is 0.648 bits per heavy atom. The van der Waals surface area contributed by atoms with E-state index in [0.717, 1.165) is 44.9 Å². The second kappa shape index (κ2) is 68.0. The SMILES string of the molecule is CCCCCCCCCC/C=C\CCCCCCCCCCCCCCCCCCCCCCCCCC(=O)NC(COC1OC(CO)C(O)C(O)C1O)C(O)/C=C/CC/C=C/CC/C=C/CCCCCCCCCCCCCCCCCCCCCC. The zero-order chi connectivity index (χ0) is 63.5. The van der Waals surface area contributed by atoms with Crippen LogP contribution in [0.5, 0.6) is 0 Å². The molecule has 0 spiro atoms. The van der Waals surface area contributed by atoms with Gasteiger partial charge in [-0.3, -0.25) is 4.79 Å². The topological polar surface area (TPSA) is 149 Å². The first-order chi connectivity index (χ1) is 43.3. The average molecular weight is 1240 g/mol. The number of rotatable bonds is 69. The molecular formula is C79H149NO8. The molecule has 0 radical (unpaired) electrons. The van der Waals surface area contributed by atoms with Crippen molar-refractivity contribution in [3.63, 3.8) is 0 Å². The molecule has 0 aliphatic carbocycles. The molecule has 0 aromatic heterocycles. The van der Waals surface area contributed by atoms with Gasteiger partial charge in [0.25, 0.3) is 0 Å². The van der Waals surface area contributed by atoms with Gasteiger partial charge in [0.2, 0.25) is 5.91 Å². The maximum absolute atomic E-state index is 13.2. The van der Waals surface area contributed by atoms with Crippen molar-refractivity contribution in [3.05, 3.63) is 48.6 Å². The number of aliphatic hydroxyl groups excluding tert-OH is 5. The molecule has 1 amide bonds. The van der Waals surface area contributed by atoms with Crippen molar-refractivity contribution in [1.29, 1.82) is 0 Å². The van der Waals surface area contributed by atoms with Gasteiger partial charge in [0.05, 0.1) is 25.4 Å². The predicted molar refractivity (Wildman–Crippen MR) is 378 cm³/mol. The minimum absolute atomic E-state index is 0.183. The number of hydrogen-bond donors (Lipinski definition) is 6. The third-order valence-corrected chi connectivity index (χ3v) is 18.6. The molecule has 518 valence electrons. The lowest BCUT2D eigenvalue weighted by Crippen LogP contribution is -2.60. The van der Waals surface area contributed by atoms with E-state index in [4.69, 9.17) is 9.47 Å². The first kappa shape index (κ1) is 84.2. The third kappa shape index (κ3) is 55.8. The van der Waals surface area contributed by atoms with E-state index in [2.05, 4.69) is 55.6 Å². The maximum Gasteiger partial charge on any atom is 0.220 e. The largest absolute Gasteiger partial charge is 0.394 e. The Morgan fingerprint density at radius 3 is 0.955 bits per heavy atom. The summed E-state index contributed by atoms with van der Waals surface area (Å²) in [6, 6.07) is -0.830. The number of carbonyl (C=O) groups is 1. The molecule has 0 bridgehead atoms. The maximum atomic E-state index is 13.2. The van der Waals surface area contributed by atoms with Gasteiger partial charge in [0.15, 0.2) is 6.29 Å². The Hall–Kier alpha value is -1.85. The lowest BCUT2D eigenvalue weighted by molar-refractivity contribution is -0.302. The van der Waals surface area contributed by atoms with Crippen molar-refractivity contribution < 1.29 is 39.8 Å². The number of ether oxygens (including phenoxy) is 2. The van der Waals surface area contributed by atoms with Crippen molar-refractivity contribution in [2.75, 3.05) is 13.2 Å². The Balaban J connectivity index is 2.10. The molecular weight excluding hydrogens is 1090 g/mol. The summed E-state index contributed by atoms with van der Waals surface area (Å²) >= 11 is 0. The highest BCUT2D eigenvalue weighted by atomic mass is 16.7. The minimum atomic E-state index is -1.58. The molecule has 0 saturated carbocycles. The Bertz CT molecular complexity index is 1530. The zero-order valence-electron chi connectivity index (χ0n) is 58.3. The molecule has 88 heavy (non-hydrogen) atoms. The van der Waals surface area contributed by atoms with Crippen molar-refractivity contribution in [2.24, 2.45) is 0 Å². The monoisotopic (exact) mass is 1240 g/mol. The van der Waals surface area contributed by atoms with Gasteiger partial charge >= 0.3 is 0 Å². The van der Waals surface area contributed by atoms with Crippen LogP contribution in [0.3, 0.4) is 0 Å². The lowest BCUT2D eigenvalue weighted by atomic mass is 9.99. The Kier molecular flexibility index (Phi) is 65.1. The molecule has 0 aromatic carbocycles. The second-order valence-corrected chi connectivity index (χ2v) is 27.1. The van der Waals surface area contributed by atoms with E-state index in [9.17, 15) is 30.3 Å². The van der Waals surface area contributed by atoms with Gasteiger partial charge < -0.3 is 40.3 Å². The van der Waals surface area contributed by atoms with Gasteiger partial charge in [-0.15, -0.1) is 0 Å². The quantitative estimate of drug-likeness (QED) is 0.0261. The van der Waals surface area contributed by atoms with Gasteiger partial charge in [-0.2, -0.15) is 0 Å². The van der Waals surface area contributed by atoms with Crippen LogP contribution in [0.15, 0.2) is 48.6 Å². The molecule has 1 saturated heterocycles. The molecule has 1 heterocycles. The van der Waals surface area contributed by atoms with E-state index >= 15 is 0 Å². The standard InChI is InChI=1S/C79H149NO8/c1-3-5-7-9-11-13-15-17-19-21-23-25-27-29-31-33-35-36-37-38-39-41-43-45-47-49-51-53-55-57-59-61-63-65-67-69-75(83)80-72(71-87-79-78(86)77(85)76(84)74(70-81)88-79)73(82)68-66-64-62-60-58-56-54-52-50-48-46-44-42-40-34-32-30-28-26-24-22-20-18-16-14-12-10-8-6-4-2/h21,23,50,52,58,60,66,68,72-74,76-79,81-82,84-86H,3-20,22,24-49,51,53-57,59,61-65,67,69-71H2,1-2H3,(H,80,83)/b23-21-,52-50+,60-58+,68-66+. The summed E-state index contributed by atoms with van der Waals surface area (Å²) in [6.07, 6.45) is 86.9. The van der Waals surface area contributed by atoms with Crippen LogP contribution in [0.25, 0.3) is 0 Å². The third-order valence-electron chi connectivity index (χ3n) is 18.6. The number of aliphatic hydroxyl groups is 5. The van der Waals surface area contributed by atoms with Crippen LogP contribution in [0.4, 0.5) is 0 Å². The first-order valence-corrected chi connectivity index (χ1v) is 38.9. The minimum Gasteiger partial charge on any atom is -0.394 e. The normalized spacial score (nSPS) is 18.1. The van der Waals surface area contributed by atoms with E-state index in [1.165, 1.54) is 327 Å². The fourth-order valence-corrected chi connectivity index (χ4v) is 12.5. The van der Waals surface area contributed by atoms with Crippen molar-refractivity contribution in [2.45, 2.75) is 436 Å². The Morgan fingerprint density at radius 1 is 0.375 bits per heavy atom.